The van der Waals surface area contributed by atoms with E-state index in [-0.39, 0.29) is 29.1 Å². The van der Waals surface area contributed by atoms with Gasteiger partial charge in [-0.15, -0.1) is 0 Å². The summed E-state index contributed by atoms with van der Waals surface area (Å²) in [6.45, 7) is -0.105. The van der Waals surface area contributed by atoms with Crippen LogP contribution in [0.2, 0.25) is 0 Å². The number of aromatic nitrogens is 2. The summed E-state index contributed by atoms with van der Waals surface area (Å²) >= 11 is 0. The van der Waals surface area contributed by atoms with E-state index in [1.165, 1.54) is 44.6 Å². The Morgan fingerprint density at radius 3 is 2.21 bits per heavy atom. The van der Waals surface area contributed by atoms with Crippen LogP contribution in [0.25, 0.3) is 0 Å². The van der Waals surface area contributed by atoms with Crippen molar-refractivity contribution in [3.63, 3.8) is 0 Å². The smallest absolute Gasteiger partial charge is 0.335 e. The highest BCUT2D eigenvalue weighted by Gasteiger charge is 2.19. The Kier molecular flexibility index (Phi) is 6.94. The summed E-state index contributed by atoms with van der Waals surface area (Å²) in [6, 6.07) is 5.70. The largest absolute Gasteiger partial charge is 0.481 e. The van der Waals surface area contributed by atoms with E-state index in [0.29, 0.717) is 5.56 Å². The minimum atomic E-state index is -4.24. The van der Waals surface area contributed by atoms with Crippen LogP contribution in [0.15, 0.2) is 35.2 Å². The number of urea groups is 1. The number of carbonyl (C=O) groups excluding carboxylic acids is 1. The van der Waals surface area contributed by atoms with Crippen molar-refractivity contribution >= 4 is 32.0 Å². The molecular formula is C15H19N5O7S2. The highest BCUT2D eigenvalue weighted by molar-refractivity contribution is 7.90. The lowest BCUT2D eigenvalue weighted by molar-refractivity contribution is 0.256. The molecule has 158 valence electrons. The van der Waals surface area contributed by atoms with Crippen LogP contribution in [0.3, 0.4) is 0 Å². The molecule has 0 unspecified atom stereocenters. The van der Waals surface area contributed by atoms with Crippen LogP contribution in [0.5, 0.6) is 11.8 Å². The van der Waals surface area contributed by atoms with E-state index in [4.69, 9.17) is 9.47 Å². The first kappa shape index (κ1) is 22.3. The second kappa shape index (κ2) is 9.02. The van der Waals surface area contributed by atoms with Gasteiger partial charge in [0.1, 0.15) is 0 Å². The van der Waals surface area contributed by atoms with Crippen molar-refractivity contribution in [2.75, 3.05) is 25.8 Å². The van der Waals surface area contributed by atoms with Gasteiger partial charge in [0, 0.05) is 6.54 Å². The summed E-state index contributed by atoms with van der Waals surface area (Å²) in [5, 5.41) is 2.17. The lowest BCUT2D eigenvalue weighted by Gasteiger charge is -2.10. The quantitative estimate of drug-likeness (QED) is 0.509. The highest BCUT2D eigenvalue weighted by atomic mass is 32.2. The molecule has 2 amide bonds. The third-order valence-corrected chi connectivity index (χ3v) is 5.29. The van der Waals surface area contributed by atoms with Gasteiger partial charge in [-0.25, -0.2) is 31.1 Å². The number of nitrogens with one attached hydrogen (secondary N) is 3. The molecular weight excluding hydrogens is 426 g/mol. The summed E-state index contributed by atoms with van der Waals surface area (Å²) in [7, 11) is -5.00. The predicted octanol–water partition coefficient (Wildman–Crippen LogP) is 0.0534. The number of hydrogen-bond acceptors (Lipinski definition) is 9. The van der Waals surface area contributed by atoms with E-state index in [1.54, 1.807) is 0 Å². The van der Waals surface area contributed by atoms with E-state index in [9.17, 15) is 21.6 Å². The minimum Gasteiger partial charge on any atom is -0.481 e. The first-order valence-electron chi connectivity index (χ1n) is 7.87. The maximum absolute atomic E-state index is 12.4. The van der Waals surface area contributed by atoms with Gasteiger partial charge in [-0.1, -0.05) is 12.1 Å². The SMILES string of the molecule is COc1cc(OC)nc(NC(=O)NS(=O)(=O)c2cccc(CNS(C)(=O)=O)c2)n1. The maximum Gasteiger partial charge on any atom is 0.335 e. The van der Waals surface area contributed by atoms with E-state index < -0.39 is 26.1 Å². The van der Waals surface area contributed by atoms with Crippen molar-refractivity contribution in [3.05, 3.63) is 35.9 Å². The molecule has 14 heteroatoms. The molecule has 0 saturated carbocycles. The number of ether oxygens (including phenoxy) is 2. The zero-order valence-electron chi connectivity index (χ0n) is 15.7. The number of rotatable bonds is 8. The van der Waals surface area contributed by atoms with Crippen molar-refractivity contribution < 1.29 is 31.1 Å². The van der Waals surface area contributed by atoms with E-state index in [0.717, 1.165) is 6.26 Å². The Labute approximate surface area is 167 Å². The Bertz CT molecular complexity index is 1080. The Morgan fingerprint density at radius 2 is 1.66 bits per heavy atom. The molecule has 0 aliphatic rings. The predicted molar refractivity (Wildman–Crippen MR) is 103 cm³/mol. The van der Waals surface area contributed by atoms with Gasteiger partial charge in [-0.2, -0.15) is 9.97 Å². The zero-order chi connectivity index (χ0) is 21.7. The highest BCUT2D eigenvalue weighted by Crippen LogP contribution is 2.17. The van der Waals surface area contributed by atoms with Crippen LogP contribution in [0, 0.1) is 0 Å². The lowest BCUT2D eigenvalue weighted by atomic mass is 10.2. The second-order valence-electron chi connectivity index (χ2n) is 5.58. The summed E-state index contributed by atoms with van der Waals surface area (Å²) in [5.41, 5.74) is 0.388. The lowest BCUT2D eigenvalue weighted by Crippen LogP contribution is -2.35. The number of benzene rings is 1. The van der Waals surface area contributed by atoms with Crippen molar-refractivity contribution in [2.45, 2.75) is 11.4 Å². The summed E-state index contributed by atoms with van der Waals surface area (Å²) in [4.78, 5) is 19.6. The third-order valence-electron chi connectivity index (χ3n) is 3.30. The van der Waals surface area contributed by atoms with E-state index >= 15 is 0 Å². The van der Waals surface area contributed by atoms with Crippen LogP contribution >= 0.6 is 0 Å². The fourth-order valence-electron chi connectivity index (χ4n) is 2.01. The standard InChI is InChI=1S/C15H19N5O7S2/c1-26-12-8-13(27-2)18-14(17-12)19-15(21)20-29(24,25)11-6-4-5-10(7-11)9-16-28(3,22)23/h4-8,16H,9H2,1-3H3,(H2,17,18,19,20,21). The summed E-state index contributed by atoms with van der Waals surface area (Å²) in [5.74, 6) is -0.0397. The van der Waals surface area contributed by atoms with Crippen molar-refractivity contribution in [1.29, 1.82) is 0 Å². The van der Waals surface area contributed by atoms with Gasteiger partial charge < -0.3 is 9.47 Å². The Balaban J connectivity index is 2.14. The number of hydrogen-bond donors (Lipinski definition) is 3. The van der Waals surface area contributed by atoms with Crippen molar-refractivity contribution in [1.82, 2.24) is 19.4 Å². The third kappa shape index (κ3) is 6.85. The summed E-state index contributed by atoms with van der Waals surface area (Å²) < 4.78 is 61.2. The first-order chi connectivity index (χ1) is 13.5. The first-order valence-corrected chi connectivity index (χ1v) is 11.2. The van der Waals surface area contributed by atoms with Crippen LogP contribution in [0.4, 0.5) is 10.7 Å². The number of nitrogens with zero attached hydrogens (tertiary/aromatic N) is 2. The number of carbonyl (C=O) groups is 1. The molecule has 12 nitrogen and oxygen atoms in total. The number of anilines is 1. The molecule has 29 heavy (non-hydrogen) atoms. The minimum absolute atomic E-state index is 0.0982. The summed E-state index contributed by atoms with van der Waals surface area (Å²) in [6.07, 6.45) is 0.981. The Morgan fingerprint density at radius 1 is 1.03 bits per heavy atom. The van der Waals surface area contributed by atoms with E-state index in [2.05, 4.69) is 20.0 Å². The molecule has 3 N–H and O–H groups in total. The normalized spacial score (nSPS) is 11.6. The second-order valence-corrected chi connectivity index (χ2v) is 9.09. The van der Waals surface area contributed by atoms with Gasteiger partial charge in [0.2, 0.25) is 27.7 Å². The number of amides is 2. The fraction of sp³-hybridized carbons (Fsp3) is 0.267. The van der Waals surface area contributed by atoms with Gasteiger partial charge in [-0.3, -0.25) is 5.32 Å². The van der Waals surface area contributed by atoms with E-state index in [1.807, 2.05) is 4.72 Å². The molecule has 0 radical (unpaired) electrons. The molecule has 1 heterocycles. The fourth-order valence-corrected chi connectivity index (χ4v) is 3.42. The molecule has 0 saturated heterocycles. The van der Waals surface area contributed by atoms with Crippen LogP contribution in [0.1, 0.15) is 5.56 Å². The van der Waals surface area contributed by atoms with Gasteiger partial charge in [0.25, 0.3) is 10.0 Å². The molecule has 0 atom stereocenters. The van der Waals surface area contributed by atoms with Crippen LogP contribution in [-0.4, -0.2) is 53.3 Å². The number of sulfonamides is 2. The zero-order valence-corrected chi connectivity index (χ0v) is 17.3. The molecule has 2 aromatic rings. The van der Waals surface area contributed by atoms with Gasteiger partial charge in [0.15, 0.2) is 0 Å². The molecule has 1 aromatic carbocycles. The molecule has 0 spiro atoms. The molecule has 2 rings (SSSR count). The average Bonchev–Trinajstić information content (AvgIpc) is 2.65. The van der Waals surface area contributed by atoms with Crippen molar-refractivity contribution in [3.8, 4) is 11.8 Å². The molecule has 0 aliphatic heterocycles. The van der Waals surface area contributed by atoms with Crippen molar-refractivity contribution in [2.24, 2.45) is 0 Å². The molecule has 0 aliphatic carbocycles. The molecule has 1 aromatic heterocycles. The number of methoxy groups -OCH3 is 2. The van der Waals surface area contributed by atoms with Crippen LogP contribution < -0.4 is 24.2 Å². The Hall–Kier alpha value is -2.97. The average molecular weight is 445 g/mol. The van der Waals surface area contributed by atoms with Crippen LogP contribution in [-0.2, 0) is 26.6 Å². The topological polar surface area (TPSA) is 166 Å². The van der Waals surface area contributed by atoms with Gasteiger partial charge in [0.05, 0.1) is 31.4 Å². The molecule has 0 bridgehead atoms. The molecule has 0 fully saturated rings. The van der Waals surface area contributed by atoms with Gasteiger partial charge >= 0.3 is 6.03 Å². The maximum atomic E-state index is 12.4. The monoisotopic (exact) mass is 445 g/mol. The van der Waals surface area contributed by atoms with Gasteiger partial charge in [-0.05, 0) is 17.7 Å².